The van der Waals surface area contributed by atoms with Crippen LogP contribution in [0.15, 0.2) is 11.0 Å². The first-order chi connectivity index (χ1) is 8.50. The Balaban J connectivity index is 2.43. The van der Waals surface area contributed by atoms with Crippen LogP contribution < -0.4 is 5.69 Å². The molecule has 96 valence electrons. The molecule has 0 saturated heterocycles. The van der Waals surface area contributed by atoms with E-state index in [2.05, 4.69) is 15.3 Å². The van der Waals surface area contributed by atoms with Crippen LogP contribution in [-0.2, 0) is 18.4 Å². The van der Waals surface area contributed by atoms with Gasteiger partial charge in [-0.2, -0.15) is 10.2 Å². The first kappa shape index (κ1) is 12.1. The summed E-state index contributed by atoms with van der Waals surface area (Å²) in [6, 6.07) is 0. The number of nitrogens with one attached hydrogen (secondary N) is 1. The van der Waals surface area contributed by atoms with E-state index in [0.29, 0.717) is 11.4 Å². The molecule has 0 unspecified atom stereocenters. The largest absolute Gasteiger partial charge is 0.481 e. The molecular formula is C10H13N5O3. The Labute approximate surface area is 102 Å². The van der Waals surface area contributed by atoms with E-state index in [1.807, 2.05) is 6.92 Å². The van der Waals surface area contributed by atoms with Crippen molar-refractivity contribution in [2.45, 2.75) is 19.9 Å². The molecule has 8 heteroatoms. The monoisotopic (exact) mass is 251 g/mol. The molecule has 0 aliphatic rings. The lowest BCUT2D eigenvalue weighted by molar-refractivity contribution is -0.137. The lowest BCUT2D eigenvalue weighted by atomic mass is 10.2. The van der Waals surface area contributed by atoms with Gasteiger partial charge in [-0.05, 0) is 6.92 Å². The molecule has 2 rings (SSSR count). The van der Waals surface area contributed by atoms with Gasteiger partial charge in [0.15, 0.2) is 5.82 Å². The smallest absolute Gasteiger partial charge is 0.343 e. The van der Waals surface area contributed by atoms with Crippen LogP contribution in [0.4, 0.5) is 0 Å². The molecule has 2 heterocycles. The Morgan fingerprint density at radius 3 is 2.83 bits per heavy atom. The van der Waals surface area contributed by atoms with Crippen molar-refractivity contribution >= 4 is 5.97 Å². The van der Waals surface area contributed by atoms with Crippen molar-refractivity contribution in [2.24, 2.45) is 7.05 Å². The fraction of sp³-hybridized carbons (Fsp3) is 0.400. The second-order valence-corrected chi connectivity index (χ2v) is 3.92. The summed E-state index contributed by atoms with van der Waals surface area (Å²) in [5.41, 5.74) is 1.14. The van der Waals surface area contributed by atoms with Gasteiger partial charge in [-0.25, -0.2) is 9.89 Å². The van der Waals surface area contributed by atoms with Crippen LogP contribution in [0, 0.1) is 6.92 Å². The molecule has 2 aromatic rings. The van der Waals surface area contributed by atoms with Crippen molar-refractivity contribution in [2.75, 3.05) is 0 Å². The van der Waals surface area contributed by atoms with Gasteiger partial charge in [0.25, 0.3) is 0 Å². The number of aromatic nitrogens is 5. The van der Waals surface area contributed by atoms with Crippen molar-refractivity contribution in [1.29, 1.82) is 0 Å². The van der Waals surface area contributed by atoms with Crippen LogP contribution in [0.25, 0.3) is 11.4 Å². The molecule has 0 amide bonds. The number of aromatic amines is 1. The second-order valence-electron chi connectivity index (χ2n) is 3.92. The van der Waals surface area contributed by atoms with Gasteiger partial charge in [0.05, 0.1) is 18.2 Å². The minimum absolute atomic E-state index is 0.0777. The molecule has 0 fully saturated rings. The zero-order chi connectivity index (χ0) is 13.3. The highest BCUT2D eigenvalue weighted by Crippen LogP contribution is 2.18. The molecule has 0 aromatic carbocycles. The molecule has 0 atom stereocenters. The maximum absolute atomic E-state index is 11.6. The van der Waals surface area contributed by atoms with E-state index in [1.165, 1.54) is 4.57 Å². The van der Waals surface area contributed by atoms with E-state index in [9.17, 15) is 9.59 Å². The molecular weight excluding hydrogens is 238 g/mol. The Morgan fingerprint density at radius 2 is 2.28 bits per heavy atom. The molecule has 18 heavy (non-hydrogen) atoms. The predicted molar refractivity (Wildman–Crippen MR) is 62.0 cm³/mol. The maximum atomic E-state index is 11.6. The zero-order valence-electron chi connectivity index (χ0n) is 10.0. The minimum atomic E-state index is -0.961. The fourth-order valence-corrected chi connectivity index (χ4v) is 1.66. The van der Waals surface area contributed by atoms with E-state index in [-0.39, 0.29) is 13.0 Å². The zero-order valence-corrected chi connectivity index (χ0v) is 10.0. The average molecular weight is 251 g/mol. The number of aryl methyl sites for hydroxylation is 1. The van der Waals surface area contributed by atoms with Gasteiger partial charge in [-0.3, -0.25) is 14.0 Å². The van der Waals surface area contributed by atoms with E-state index in [4.69, 9.17) is 5.11 Å². The van der Waals surface area contributed by atoms with E-state index < -0.39 is 11.7 Å². The van der Waals surface area contributed by atoms with Crippen molar-refractivity contribution in [1.82, 2.24) is 24.5 Å². The summed E-state index contributed by atoms with van der Waals surface area (Å²) in [7, 11) is 1.78. The maximum Gasteiger partial charge on any atom is 0.343 e. The summed E-state index contributed by atoms with van der Waals surface area (Å²) < 4.78 is 2.97. The number of hydrogen-bond acceptors (Lipinski definition) is 4. The molecule has 0 aliphatic carbocycles. The van der Waals surface area contributed by atoms with Gasteiger partial charge in [-0.1, -0.05) is 0 Å². The number of carboxylic acids is 1. The summed E-state index contributed by atoms with van der Waals surface area (Å²) in [6.45, 7) is 1.93. The van der Waals surface area contributed by atoms with Crippen LogP contribution in [0.1, 0.15) is 12.1 Å². The number of nitrogens with zero attached hydrogens (tertiary/aromatic N) is 4. The van der Waals surface area contributed by atoms with Gasteiger partial charge in [-0.15, -0.1) is 0 Å². The Bertz CT molecular complexity index is 636. The molecule has 2 aromatic heterocycles. The molecule has 2 N–H and O–H groups in total. The molecule has 0 saturated carbocycles. The number of aliphatic carboxylic acids is 1. The molecule has 0 bridgehead atoms. The SMILES string of the molecule is Cc1c(-c2n[nH]c(=O)n2CCC(=O)O)cnn1C. The van der Waals surface area contributed by atoms with Crippen molar-refractivity contribution in [3.05, 3.63) is 22.4 Å². The van der Waals surface area contributed by atoms with Gasteiger partial charge in [0.2, 0.25) is 0 Å². The van der Waals surface area contributed by atoms with Crippen LogP contribution in [0.2, 0.25) is 0 Å². The molecule has 8 nitrogen and oxygen atoms in total. The van der Waals surface area contributed by atoms with Crippen molar-refractivity contribution in [3.8, 4) is 11.4 Å². The van der Waals surface area contributed by atoms with Gasteiger partial charge in [0.1, 0.15) is 0 Å². The van der Waals surface area contributed by atoms with E-state index in [1.54, 1.807) is 17.9 Å². The van der Waals surface area contributed by atoms with E-state index >= 15 is 0 Å². The van der Waals surface area contributed by atoms with Crippen molar-refractivity contribution < 1.29 is 9.90 Å². The highest BCUT2D eigenvalue weighted by Gasteiger charge is 2.15. The number of carboxylic acid groups (broad SMARTS) is 1. The lowest BCUT2D eigenvalue weighted by Gasteiger charge is -2.03. The number of hydrogen-bond donors (Lipinski definition) is 2. The summed E-state index contributed by atoms with van der Waals surface area (Å²) in [5, 5.41) is 19.0. The number of H-pyrrole nitrogens is 1. The summed E-state index contributed by atoms with van der Waals surface area (Å²) >= 11 is 0. The molecule has 0 radical (unpaired) electrons. The Morgan fingerprint density at radius 1 is 1.56 bits per heavy atom. The van der Waals surface area contributed by atoms with Gasteiger partial charge < -0.3 is 5.11 Å². The van der Waals surface area contributed by atoms with Crippen LogP contribution in [0.3, 0.4) is 0 Å². The lowest BCUT2D eigenvalue weighted by Crippen LogP contribution is -2.19. The quantitative estimate of drug-likeness (QED) is 0.779. The third-order valence-corrected chi connectivity index (χ3v) is 2.78. The first-order valence-corrected chi connectivity index (χ1v) is 5.36. The third-order valence-electron chi connectivity index (χ3n) is 2.78. The second kappa shape index (κ2) is 4.47. The number of rotatable bonds is 4. The predicted octanol–water partition coefficient (Wildman–Crippen LogP) is -0.245. The fourth-order valence-electron chi connectivity index (χ4n) is 1.66. The summed E-state index contributed by atoms with van der Waals surface area (Å²) in [4.78, 5) is 22.1. The molecule has 0 aliphatic heterocycles. The normalized spacial score (nSPS) is 10.8. The Kier molecular flexibility index (Phi) is 3.00. The summed E-state index contributed by atoms with van der Waals surface area (Å²) in [5.74, 6) is -0.552. The topological polar surface area (TPSA) is 106 Å². The number of carbonyl (C=O) groups is 1. The standard InChI is InChI=1S/C10H13N5O3/c1-6-7(5-11-14(6)2)9-12-13-10(18)15(9)4-3-8(16)17/h5H,3-4H2,1-2H3,(H,13,18)(H,16,17). The molecule has 0 spiro atoms. The van der Waals surface area contributed by atoms with Crippen LogP contribution in [-0.4, -0.2) is 35.6 Å². The minimum Gasteiger partial charge on any atom is -0.481 e. The van der Waals surface area contributed by atoms with Gasteiger partial charge in [0, 0.05) is 19.3 Å². The average Bonchev–Trinajstić information content (AvgIpc) is 2.82. The van der Waals surface area contributed by atoms with Gasteiger partial charge >= 0.3 is 11.7 Å². The van der Waals surface area contributed by atoms with E-state index in [0.717, 1.165) is 5.69 Å². The highest BCUT2D eigenvalue weighted by atomic mass is 16.4. The first-order valence-electron chi connectivity index (χ1n) is 5.36. The van der Waals surface area contributed by atoms with Crippen LogP contribution >= 0.6 is 0 Å². The van der Waals surface area contributed by atoms with Crippen LogP contribution in [0.5, 0.6) is 0 Å². The van der Waals surface area contributed by atoms with Crippen molar-refractivity contribution in [3.63, 3.8) is 0 Å². The Hall–Kier alpha value is -2.38. The summed E-state index contributed by atoms with van der Waals surface area (Å²) in [6.07, 6.45) is 1.47. The third kappa shape index (κ3) is 2.04. The highest BCUT2D eigenvalue weighted by molar-refractivity contribution is 5.66.